The molecule has 1 atom stereocenters. The van der Waals surface area contributed by atoms with Crippen LogP contribution in [0.25, 0.3) is 0 Å². The predicted octanol–water partition coefficient (Wildman–Crippen LogP) is 0.927. The van der Waals surface area contributed by atoms with E-state index in [0.717, 1.165) is 13.0 Å². The number of hydrogen-bond donors (Lipinski definition) is 1. The lowest BCUT2D eigenvalue weighted by atomic mass is 9.96. The lowest BCUT2D eigenvalue weighted by Gasteiger charge is -2.41. The van der Waals surface area contributed by atoms with Crippen LogP contribution in [0.5, 0.6) is 0 Å². The van der Waals surface area contributed by atoms with Crippen LogP contribution in [-0.4, -0.2) is 48.1 Å². The molecular weight excluding hydrogens is 232 g/mol. The summed E-state index contributed by atoms with van der Waals surface area (Å²) < 4.78 is 4.64. The van der Waals surface area contributed by atoms with Gasteiger partial charge in [-0.05, 0) is 40.7 Å². The third-order valence-corrected chi connectivity index (χ3v) is 3.43. The third-order valence-electron chi connectivity index (χ3n) is 3.43. The van der Waals surface area contributed by atoms with Gasteiger partial charge >= 0.3 is 5.97 Å². The Kier molecular flexibility index (Phi) is 4.73. The van der Waals surface area contributed by atoms with E-state index in [4.69, 9.17) is 0 Å². The Hall–Kier alpha value is -1.10. The fourth-order valence-corrected chi connectivity index (χ4v) is 2.59. The lowest BCUT2D eigenvalue weighted by molar-refractivity contribution is -0.147. The van der Waals surface area contributed by atoms with Crippen molar-refractivity contribution in [2.24, 2.45) is 0 Å². The number of hydrogen-bond acceptors (Lipinski definition) is 4. The van der Waals surface area contributed by atoms with Crippen molar-refractivity contribution in [1.29, 1.82) is 0 Å². The SMILES string of the molecule is COC(=O)CC1NCCC(C)(C)N(C(C)C)C1=O. The average molecular weight is 256 g/mol. The number of amides is 1. The fraction of sp³-hybridized carbons (Fsp3) is 0.846. The quantitative estimate of drug-likeness (QED) is 0.763. The highest BCUT2D eigenvalue weighted by molar-refractivity contribution is 5.87. The maximum absolute atomic E-state index is 12.5. The van der Waals surface area contributed by atoms with Crippen LogP contribution in [0.15, 0.2) is 0 Å². The number of nitrogens with one attached hydrogen (secondary N) is 1. The number of carbonyl (C=O) groups is 2. The van der Waals surface area contributed by atoms with Gasteiger partial charge in [0.2, 0.25) is 5.91 Å². The molecule has 1 fully saturated rings. The summed E-state index contributed by atoms with van der Waals surface area (Å²) in [6, 6.07) is -0.353. The summed E-state index contributed by atoms with van der Waals surface area (Å²) in [5.74, 6) is -0.373. The first kappa shape index (κ1) is 15.0. The predicted molar refractivity (Wildman–Crippen MR) is 69.1 cm³/mol. The van der Waals surface area contributed by atoms with Gasteiger partial charge in [-0.1, -0.05) is 0 Å². The first-order chi connectivity index (χ1) is 8.29. The van der Waals surface area contributed by atoms with Crippen LogP contribution >= 0.6 is 0 Å². The zero-order valence-corrected chi connectivity index (χ0v) is 11.9. The Morgan fingerprint density at radius 2 is 2.17 bits per heavy atom. The van der Waals surface area contributed by atoms with Crippen molar-refractivity contribution in [3.8, 4) is 0 Å². The van der Waals surface area contributed by atoms with Crippen molar-refractivity contribution in [2.75, 3.05) is 13.7 Å². The second kappa shape index (κ2) is 5.69. The van der Waals surface area contributed by atoms with Crippen molar-refractivity contribution in [3.05, 3.63) is 0 Å². The topological polar surface area (TPSA) is 58.6 Å². The number of ether oxygens (including phenoxy) is 1. The molecule has 0 aromatic rings. The molecule has 0 radical (unpaired) electrons. The molecule has 0 aromatic carbocycles. The Bertz CT molecular complexity index is 326. The highest BCUT2D eigenvalue weighted by atomic mass is 16.5. The van der Waals surface area contributed by atoms with Gasteiger partial charge < -0.3 is 15.0 Å². The summed E-state index contributed by atoms with van der Waals surface area (Å²) in [6.07, 6.45) is 0.962. The zero-order chi connectivity index (χ0) is 13.9. The third kappa shape index (κ3) is 3.22. The first-order valence-corrected chi connectivity index (χ1v) is 6.43. The summed E-state index contributed by atoms with van der Waals surface area (Å²) >= 11 is 0. The van der Waals surface area contributed by atoms with E-state index in [9.17, 15) is 9.59 Å². The van der Waals surface area contributed by atoms with E-state index >= 15 is 0 Å². The molecule has 1 aliphatic heterocycles. The minimum Gasteiger partial charge on any atom is -0.469 e. The zero-order valence-electron chi connectivity index (χ0n) is 11.9. The molecule has 5 nitrogen and oxygen atoms in total. The van der Waals surface area contributed by atoms with Crippen LogP contribution in [0, 0.1) is 0 Å². The molecule has 0 aliphatic carbocycles. The molecule has 1 unspecified atom stereocenters. The number of carbonyl (C=O) groups excluding carboxylic acids is 2. The van der Waals surface area contributed by atoms with E-state index < -0.39 is 6.04 Å². The molecule has 1 amide bonds. The number of methoxy groups -OCH3 is 1. The maximum atomic E-state index is 12.5. The number of esters is 1. The number of rotatable bonds is 3. The van der Waals surface area contributed by atoms with Crippen molar-refractivity contribution in [3.63, 3.8) is 0 Å². The fourth-order valence-electron chi connectivity index (χ4n) is 2.59. The molecule has 1 saturated heterocycles. The van der Waals surface area contributed by atoms with Crippen molar-refractivity contribution in [2.45, 2.75) is 58.2 Å². The van der Waals surface area contributed by atoms with Crippen molar-refractivity contribution >= 4 is 11.9 Å². The van der Waals surface area contributed by atoms with Crippen LogP contribution in [0.4, 0.5) is 0 Å². The smallest absolute Gasteiger partial charge is 0.307 e. The number of nitrogens with zero attached hydrogens (tertiary/aromatic N) is 1. The Morgan fingerprint density at radius 3 is 2.67 bits per heavy atom. The van der Waals surface area contributed by atoms with Gasteiger partial charge in [-0.25, -0.2) is 0 Å². The molecule has 0 bridgehead atoms. The van der Waals surface area contributed by atoms with Crippen LogP contribution in [0.3, 0.4) is 0 Å². The molecule has 104 valence electrons. The van der Waals surface area contributed by atoms with Gasteiger partial charge in [-0.3, -0.25) is 9.59 Å². The monoisotopic (exact) mass is 256 g/mol. The average Bonchev–Trinajstić information content (AvgIpc) is 2.35. The minimum absolute atomic E-state index is 0.0158. The molecule has 1 aliphatic rings. The van der Waals surface area contributed by atoms with Gasteiger partial charge in [0.15, 0.2) is 0 Å². The molecule has 0 spiro atoms. The Labute approximate surface area is 109 Å². The van der Waals surface area contributed by atoms with Crippen LogP contribution < -0.4 is 5.32 Å². The summed E-state index contributed by atoms with van der Waals surface area (Å²) in [5, 5.41) is 3.15. The molecule has 1 rings (SSSR count). The van der Waals surface area contributed by atoms with Crippen molar-refractivity contribution in [1.82, 2.24) is 10.2 Å². The van der Waals surface area contributed by atoms with Crippen LogP contribution in [-0.2, 0) is 14.3 Å². The molecule has 18 heavy (non-hydrogen) atoms. The van der Waals surface area contributed by atoms with Gasteiger partial charge in [-0.15, -0.1) is 0 Å². The summed E-state index contributed by atoms with van der Waals surface area (Å²) in [7, 11) is 1.34. The summed E-state index contributed by atoms with van der Waals surface area (Å²) in [5.41, 5.74) is -0.191. The maximum Gasteiger partial charge on any atom is 0.307 e. The summed E-state index contributed by atoms with van der Waals surface area (Å²) in [4.78, 5) is 25.7. The van der Waals surface area contributed by atoms with E-state index in [0.29, 0.717) is 0 Å². The van der Waals surface area contributed by atoms with E-state index in [1.165, 1.54) is 7.11 Å². The van der Waals surface area contributed by atoms with Crippen molar-refractivity contribution < 1.29 is 14.3 Å². The molecule has 1 N–H and O–H groups in total. The first-order valence-electron chi connectivity index (χ1n) is 6.43. The molecule has 5 heteroatoms. The molecule has 0 aromatic heterocycles. The van der Waals surface area contributed by atoms with Gasteiger partial charge in [-0.2, -0.15) is 0 Å². The van der Waals surface area contributed by atoms with Gasteiger partial charge in [0.1, 0.15) is 0 Å². The van der Waals surface area contributed by atoms with E-state index in [-0.39, 0.29) is 29.9 Å². The highest BCUT2D eigenvalue weighted by Gasteiger charge is 2.39. The highest BCUT2D eigenvalue weighted by Crippen LogP contribution is 2.25. The van der Waals surface area contributed by atoms with Gasteiger partial charge in [0.25, 0.3) is 0 Å². The van der Waals surface area contributed by atoms with E-state index in [1.54, 1.807) is 0 Å². The molecular formula is C13H24N2O3. The second-order valence-corrected chi connectivity index (χ2v) is 5.65. The standard InChI is InChI=1S/C13H24N2O3/c1-9(2)15-12(17)10(8-11(16)18-5)14-7-6-13(15,3)4/h9-10,14H,6-8H2,1-5H3. The van der Waals surface area contributed by atoms with Crippen LogP contribution in [0.2, 0.25) is 0 Å². The Balaban J connectivity index is 2.91. The van der Waals surface area contributed by atoms with Gasteiger partial charge in [0.05, 0.1) is 19.6 Å². The molecule has 1 heterocycles. The Morgan fingerprint density at radius 1 is 1.56 bits per heavy atom. The van der Waals surface area contributed by atoms with E-state index in [2.05, 4.69) is 23.9 Å². The normalized spacial score (nSPS) is 24.0. The lowest BCUT2D eigenvalue weighted by Crippen LogP contribution is -2.54. The van der Waals surface area contributed by atoms with E-state index in [1.807, 2.05) is 18.7 Å². The largest absolute Gasteiger partial charge is 0.469 e. The minimum atomic E-state index is -0.471. The van der Waals surface area contributed by atoms with Gasteiger partial charge in [0, 0.05) is 11.6 Å². The second-order valence-electron chi connectivity index (χ2n) is 5.65. The molecule has 0 saturated carbocycles. The summed E-state index contributed by atoms with van der Waals surface area (Å²) in [6.45, 7) is 8.85. The van der Waals surface area contributed by atoms with Crippen LogP contribution in [0.1, 0.15) is 40.5 Å².